The van der Waals surface area contributed by atoms with Crippen LogP contribution in [0.3, 0.4) is 0 Å². The quantitative estimate of drug-likeness (QED) is 0.485. The molecule has 1 heterocycles. The molecule has 2 aromatic carbocycles. The zero-order valence-corrected chi connectivity index (χ0v) is 20.4. The third-order valence-corrected chi connectivity index (χ3v) is 11.8. The second kappa shape index (κ2) is 8.30. The predicted molar refractivity (Wildman–Crippen MR) is 126 cm³/mol. The molecule has 0 saturated carbocycles. The fourth-order valence-electron chi connectivity index (χ4n) is 5.54. The average Bonchev–Trinajstić information content (AvgIpc) is 3.22. The fourth-order valence-corrected chi connectivity index (χ4v) is 10.1. The second-order valence-electron chi connectivity index (χ2n) is 9.70. The summed E-state index contributed by atoms with van der Waals surface area (Å²) in [6, 6.07) is 21.4. The van der Waals surface area contributed by atoms with Gasteiger partial charge in [0.15, 0.2) is 6.29 Å². The molecule has 2 aliphatic rings. The topological polar surface area (TPSA) is 36.9 Å². The van der Waals surface area contributed by atoms with E-state index in [2.05, 4.69) is 94.4 Å². The van der Waals surface area contributed by atoms with Crippen LogP contribution in [0.5, 0.6) is 0 Å². The van der Waals surface area contributed by atoms with Gasteiger partial charge < -0.3 is 18.6 Å². The Kier molecular flexibility index (Phi) is 6.01. The van der Waals surface area contributed by atoms with Crippen molar-refractivity contribution in [3.63, 3.8) is 0 Å². The summed E-state index contributed by atoms with van der Waals surface area (Å²) in [6.45, 7) is 9.42. The average molecular weight is 439 g/mol. The first-order valence-electron chi connectivity index (χ1n) is 11.0. The molecule has 1 aliphatic heterocycles. The SMILES string of the molecule is COC1O[C@@]2(CO[Si](c3ccccc3)(c3ccccc3)C(C)(C)C)C=C(C)[C@@H]1[C@@H]2OC. The molecule has 0 aromatic heterocycles. The van der Waals surface area contributed by atoms with Crippen LogP contribution in [-0.4, -0.2) is 47.1 Å². The highest BCUT2D eigenvalue weighted by atomic mass is 28.4. The number of hydrogen-bond acceptors (Lipinski definition) is 4. The van der Waals surface area contributed by atoms with Gasteiger partial charge in [0.1, 0.15) is 11.7 Å². The van der Waals surface area contributed by atoms with Crippen molar-refractivity contribution in [3.05, 3.63) is 72.3 Å². The van der Waals surface area contributed by atoms with Crippen LogP contribution < -0.4 is 10.4 Å². The van der Waals surface area contributed by atoms with Crippen molar-refractivity contribution in [2.24, 2.45) is 5.92 Å². The second-order valence-corrected chi connectivity index (χ2v) is 14.0. The summed E-state index contributed by atoms with van der Waals surface area (Å²) in [5.41, 5.74) is 0.605. The Morgan fingerprint density at radius 3 is 1.90 bits per heavy atom. The van der Waals surface area contributed by atoms with Gasteiger partial charge in [-0.2, -0.15) is 0 Å². The molecule has 0 amide bonds. The molecule has 31 heavy (non-hydrogen) atoms. The van der Waals surface area contributed by atoms with Crippen molar-refractivity contribution in [2.75, 3.05) is 20.8 Å². The van der Waals surface area contributed by atoms with Gasteiger partial charge in [-0.15, -0.1) is 0 Å². The van der Waals surface area contributed by atoms with E-state index in [1.54, 1.807) is 14.2 Å². The largest absolute Gasteiger partial charge is 0.404 e. The molecular formula is C26H34O4Si. The summed E-state index contributed by atoms with van der Waals surface area (Å²) in [7, 11) is 0.786. The van der Waals surface area contributed by atoms with Crippen LogP contribution in [-0.2, 0) is 18.6 Å². The highest BCUT2D eigenvalue weighted by Gasteiger charge is 2.61. The maximum absolute atomic E-state index is 7.18. The number of rotatable bonds is 7. The lowest BCUT2D eigenvalue weighted by atomic mass is 9.97. The first-order chi connectivity index (χ1) is 14.8. The Labute approximate surface area is 187 Å². The van der Waals surface area contributed by atoms with Crippen molar-refractivity contribution in [1.29, 1.82) is 0 Å². The molecule has 0 spiro atoms. The van der Waals surface area contributed by atoms with E-state index >= 15 is 0 Å². The summed E-state index contributed by atoms with van der Waals surface area (Å²) in [5, 5.41) is 2.43. The van der Waals surface area contributed by atoms with Crippen LogP contribution in [0.4, 0.5) is 0 Å². The van der Waals surface area contributed by atoms with Gasteiger partial charge in [0.05, 0.1) is 12.5 Å². The van der Waals surface area contributed by atoms with Gasteiger partial charge in [0.25, 0.3) is 8.32 Å². The van der Waals surface area contributed by atoms with Crippen LogP contribution in [0.1, 0.15) is 27.7 Å². The van der Waals surface area contributed by atoms with Crippen LogP contribution in [0.15, 0.2) is 72.3 Å². The van der Waals surface area contributed by atoms with Gasteiger partial charge in [-0.1, -0.05) is 87.0 Å². The summed E-state index contributed by atoms with van der Waals surface area (Å²) in [6.07, 6.45) is 1.77. The number of ether oxygens (including phenoxy) is 3. The summed E-state index contributed by atoms with van der Waals surface area (Å²) in [4.78, 5) is 0. The van der Waals surface area contributed by atoms with E-state index in [0.717, 1.165) is 0 Å². The van der Waals surface area contributed by atoms with Gasteiger partial charge in [0.2, 0.25) is 0 Å². The molecule has 4 nitrogen and oxygen atoms in total. The van der Waals surface area contributed by atoms with E-state index in [-0.39, 0.29) is 23.4 Å². The molecule has 2 bridgehead atoms. The van der Waals surface area contributed by atoms with Gasteiger partial charge in [0, 0.05) is 14.2 Å². The number of methoxy groups -OCH3 is 2. The Balaban J connectivity index is 1.80. The third kappa shape index (κ3) is 3.53. The third-order valence-electron chi connectivity index (χ3n) is 6.85. The van der Waals surface area contributed by atoms with Gasteiger partial charge in [-0.3, -0.25) is 0 Å². The fraction of sp³-hybridized carbons (Fsp3) is 0.462. The molecule has 0 N–H and O–H groups in total. The lowest BCUT2D eigenvalue weighted by molar-refractivity contribution is -0.168. The molecule has 1 aliphatic carbocycles. The Bertz CT molecular complexity index is 882. The van der Waals surface area contributed by atoms with Crippen molar-refractivity contribution in [1.82, 2.24) is 0 Å². The van der Waals surface area contributed by atoms with Crippen LogP contribution in [0.2, 0.25) is 5.04 Å². The maximum atomic E-state index is 7.18. The van der Waals surface area contributed by atoms with Crippen molar-refractivity contribution >= 4 is 18.7 Å². The molecule has 1 fully saturated rings. The number of benzene rings is 2. The number of hydrogen-bond donors (Lipinski definition) is 0. The van der Waals surface area contributed by atoms with E-state index in [4.69, 9.17) is 18.6 Å². The zero-order valence-electron chi connectivity index (χ0n) is 19.4. The standard InChI is InChI=1S/C26H34O4Si/c1-19-17-26(23(27-5)22(19)24(28-6)30-26)18-29-31(25(2,3)4,20-13-9-7-10-14-20)21-15-11-8-12-16-21/h7-17,22-24H,18H2,1-6H3/t22-,23+,24?,26-/m1/s1. The first-order valence-corrected chi connectivity index (χ1v) is 12.9. The van der Waals surface area contributed by atoms with Crippen LogP contribution in [0, 0.1) is 5.92 Å². The highest BCUT2D eigenvalue weighted by Crippen LogP contribution is 2.50. The monoisotopic (exact) mass is 438 g/mol. The minimum atomic E-state index is -2.66. The minimum Gasteiger partial charge on any atom is -0.404 e. The highest BCUT2D eigenvalue weighted by molar-refractivity contribution is 6.99. The predicted octanol–water partition coefficient (Wildman–Crippen LogP) is 3.90. The molecule has 5 heteroatoms. The van der Waals surface area contributed by atoms with Crippen molar-refractivity contribution in [3.8, 4) is 0 Å². The Hall–Kier alpha value is -1.76. The first kappa shape index (κ1) is 22.4. The summed E-state index contributed by atoms with van der Waals surface area (Å²) >= 11 is 0. The lowest BCUT2D eigenvalue weighted by Crippen LogP contribution is -2.68. The molecule has 4 atom stereocenters. The van der Waals surface area contributed by atoms with E-state index in [0.29, 0.717) is 6.61 Å². The molecule has 2 aromatic rings. The van der Waals surface area contributed by atoms with Crippen LogP contribution in [0.25, 0.3) is 0 Å². The van der Waals surface area contributed by atoms with Crippen molar-refractivity contribution < 1.29 is 18.6 Å². The molecule has 4 rings (SSSR count). The molecule has 0 radical (unpaired) electrons. The maximum Gasteiger partial charge on any atom is 0.261 e. The van der Waals surface area contributed by atoms with Gasteiger partial charge >= 0.3 is 0 Å². The molecule has 1 unspecified atom stereocenters. The normalized spacial score (nSPS) is 28.1. The van der Waals surface area contributed by atoms with Gasteiger partial charge in [-0.25, -0.2) is 0 Å². The van der Waals surface area contributed by atoms with E-state index in [1.165, 1.54) is 15.9 Å². The Morgan fingerprint density at radius 2 is 1.45 bits per heavy atom. The lowest BCUT2D eigenvalue weighted by Gasteiger charge is -2.45. The van der Waals surface area contributed by atoms with Gasteiger partial charge in [-0.05, 0) is 28.4 Å². The van der Waals surface area contributed by atoms with E-state index in [1.807, 2.05) is 0 Å². The van der Waals surface area contributed by atoms with E-state index < -0.39 is 13.9 Å². The number of fused-ring (bicyclic) bond motifs is 2. The Morgan fingerprint density at radius 1 is 0.903 bits per heavy atom. The summed E-state index contributed by atoms with van der Waals surface area (Å²) < 4.78 is 25.2. The smallest absolute Gasteiger partial charge is 0.261 e. The molecule has 1 saturated heterocycles. The zero-order chi connectivity index (χ0) is 22.3. The molecular weight excluding hydrogens is 404 g/mol. The summed E-state index contributed by atoms with van der Waals surface area (Å²) in [5.74, 6) is 0.0951. The molecule has 166 valence electrons. The minimum absolute atomic E-state index is 0.0923. The van der Waals surface area contributed by atoms with Crippen LogP contribution >= 0.6 is 0 Å². The van der Waals surface area contributed by atoms with Crippen molar-refractivity contribution in [2.45, 2.75) is 50.7 Å². The van der Waals surface area contributed by atoms with E-state index in [9.17, 15) is 0 Å².